The first kappa shape index (κ1) is 24.4. The maximum absolute atomic E-state index is 13.1. The number of ketones is 1. The van der Waals surface area contributed by atoms with Crippen LogP contribution in [0.1, 0.15) is 93.8 Å². The summed E-state index contributed by atoms with van der Waals surface area (Å²) < 4.78 is 13.1. The summed E-state index contributed by atoms with van der Waals surface area (Å²) in [6.07, 6.45) is 14.8. The predicted molar refractivity (Wildman–Crippen MR) is 130 cm³/mol. The lowest BCUT2D eigenvalue weighted by Crippen LogP contribution is -2.40. The maximum Gasteiger partial charge on any atom is 0.220 e. The molecule has 1 amide bonds. The zero-order valence-electron chi connectivity index (χ0n) is 20.1. The number of carbonyl (C=O) groups is 2. The van der Waals surface area contributed by atoms with Crippen molar-refractivity contribution in [3.63, 3.8) is 0 Å². The number of likely N-dealkylation sites (tertiary alicyclic amines) is 1. The molecule has 1 aromatic carbocycles. The number of nitrogens with zero attached hydrogens (tertiary/aromatic N) is 1. The number of Topliss-reactive ketones (excluding diaryl/α,β-unsaturated/α-hetero) is 1. The average molecular weight is 457 g/mol. The first-order chi connectivity index (χ1) is 16.1. The molecule has 0 unspecified atom stereocenters. The van der Waals surface area contributed by atoms with Gasteiger partial charge in [-0.2, -0.15) is 0 Å². The van der Waals surface area contributed by atoms with Crippen molar-refractivity contribution >= 4 is 11.7 Å². The molecule has 1 aliphatic heterocycles. The van der Waals surface area contributed by atoms with Crippen LogP contribution in [0.4, 0.5) is 4.39 Å². The first-order valence-corrected chi connectivity index (χ1v) is 13.4. The van der Waals surface area contributed by atoms with E-state index in [0.29, 0.717) is 17.5 Å². The molecule has 0 bridgehead atoms. The van der Waals surface area contributed by atoms with Crippen LogP contribution in [0.2, 0.25) is 0 Å². The van der Waals surface area contributed by atoms with E-state index in [1.807, 2.05) is 0 Å². The van der Waals surface area contributed by atoms with Crippen molar-refractivity contribution in [2.75, 3.05) is 19.6 Å². The summed E-state index contributed by atoms with van der Waals surface area (Å²) in [4.78, 5) is 27.6. The number of halogens is 1. The van der Waals surface area contributed by atoms with Crippen LogP contribution in [0.25, 0.3) is 0 Å². The topological polar surface area (TPSA) is 49.4 Å². The number of benzene rings is 1. The zero-order valence-corrected chi connectivity index (χ0v) is 20.1. The highest BCUT2D eigenvalue weighted by Gasteiger charge is 2.28. The van der Waals surface area contributed by atoms with Crippen LogP contribution in [0.3, 0.4) is 0 Å². The molecule has 2 saturated carbocycles. The van der Waals surface area contributed by atoms with Gasteiger partial charge in [0.05, 0.1) is 0 Å². The number of hydrogen-bond donors (Lipinski definition) is 1. The van der Waals surface area contributed by atoms with Gasteiger partial charge in [0.15, 0.2) is 5.78 Å². The molecule has 182 valence electrons. The molecule has 0 radical (unpaired) electrons. The van der Waals surface area contributed by atoms with Gasteiger partial charge in [-0.25, -0.2) is 4.39 Å². The van der Waals surface area contributed by atoms with Gasteiger partial charge in [-0.3, -0.25) is 9.59 Å². The SMILES string of the molecule is O=C(CC1CCCCC1)NC1CCC(CCN2CCC(C(=O)c3ccc(F)cc3)CC2)CC1. The van der Waals surface area contributed by atoms with Crippen LogP contribution in [-0.4, -0.2) is 42.3 Å². The maximum atomic E-state index is 13.1. The highest BCUT2D eigenvalue weighted by atomic mass is 19.1. The molecule has 1 heterocycles. The second kappa shape index (κ2) is 12.1. The van der Waals surface area contributed by atoms with Gasteiger partial charge in [0.1, 0.15) is 5.82 Å². The zero-order chi connectivity index (χ0) is 23.0. The van der Waals surface area contributed by atoms with Gasteiger partial charge in [0.25, 0.3) is 0 Å². The van der Waals surface area contributed by atoms with E-state index in [0.717, 1.165) is 57.7 Å². The smallest absolute Gasteiger partial charge is 0.220 e. The third-order valence-electron chi connectivity index (χ3n) is 8.35. The molecular weight excluding hydrogens is 415 g/mol. The summed E-state index contributed by atoms with van der Waals surface area (Å²) in [5.41, 5.74) is 0.637. The molecule has 3 aliphatic rings. The molecule has 5 heteroatoms. The molecule has 4 rings (SSSR count). The highest BCUT2D eigenvalue weighted by Crippen LogP contribution is 2.30. The van der Waals surface area contributed by atoms with E-state index in [-0.39, 0.29) is 23.4 Å². The molecule has 0 spiro atoms. The van der Waals surface area contributed by atoms with Crippen LogP contribution in [0.15, 0.2) is 24.3 Å². The van der Waals surface area contributed by atoms with Gasteiger partial charge in [-0.05, 0) is 114 Å². The first-order valence-electron chi connectivity index (χ1n) is 13.4. The molecule has 33 heavy (non-hydrogen) atoms. The van der Waals surface area contributed by atoms with Gasteiger partial charge in [0.2, 0.25) is 5.91 Å². The number of rotatable bonds is 8. The fourth-order valence-corrected chi connectivity index (χ4v) is 6.17. The van der Waals surface area contributed by atoms with Crippen LogP contribution in [-0.2, 0) is 4.79 Å². The van der Waals surface area contributed by atoms with Crippen molar-refractivity contribution in [3.8, 4) is 0 Å². The summed E-state index contributed by atoms with van der Waals surface area (Å²) in [6.45, 7) is 3.06. The van der Waals surface area contributed by atoms with E-state index in [2.05, 4.69) is 10.2 Å². The highest BCUT2D eigenvalue weighted by molar-refractivity contribution is 5.97. The van der Waals surface area contributed by atoms with Gasteiger partial charge in [0, 0.05) is 23.9 Å². The Morgan fingerprint density at radius 1 is 0.848 bits per heavy atom. The van der Waals surface area contributed by atoms with E-state index in [9.17, 15) is 14.0 Å². The average Bonchev–Trinajstić information content (AvgIpc) is 2.84. The monoisotopic (exact) mass is 456 g/mol. The molecular formula is C28H41FN2O2. The van der Waals surface area contributed by atoms with Crippen molar-refractivity contribution in [1.29, 1.82) is 0 Å². The van der Waals surface area contributed by atoms with Gasteiger partial charge < -0.3 is 10.2 Å². The van der Waals surface area contributed by atoms with Crippen molar-refractivity contribution < 1.29 is 14.0 Å². The van der Waals surface area contributed by atoms with Crippen LogP contribution in [0, 0.1) is 23.6 Å². The quantitative estimate of drug-likeness (QED) is 0.506. The standard InChI is InChI=1S/C28H41FN2O2/c29-25-10-8-23(9-11-25)28(33)24-15-18-31(19-16-24)17-14-21-6-12-26(13-7-21)30-27(32)20-22-4-2-1-3-5-22/h8-11,21-22,24,26H,1-7,12-20H2,(H,30,32). The van der Waals surface area contributed by atoms with Crippen LogP contribution in [0.5, 0.6) is 0 Å². The van der Waals surface area contributed by atoms with E-state index in [1.165, 1.54) is 63.5 Å². The molecule has 1 saturated heterocycles. The largest absolute Gasteiger partial charge is 0.353 e. The molecule has 0 aromatic heterocycles. The van der Waals surface area contributed by atoms with Crippen molar-refractivity contribution in [2.24, 2.45) is 17.8 Å². The van der Waals surface area contributed by atoms with Crippen LogP contribution < -0.4 is 5.32 Å². The summed E-state index contributed by atoms with van der Waals surface area (Å²) in [5, 5.41) is 3.32. The number of nitrogens with one attached hydrogen (secondary N) is 1. The minimum Gasteiger partial charge on any atom is -0.353 e. The third-order valence-corrected chi connectivity index (χ3v) is 8.35. The Kier molecular flexibility index (Phi) is 8.94. The van der Waals surface area contributed by atoms with Crippen molar-refractivity contribution in [2.45, 2.75) is 89.5 Å². The normalized spacial score (nSPS) is 25.6. The van der Waals surface area contributed by atoms with Gasteiger partial charge in [-0.15, -0.1) is 0 Å². The van der Waals surface area contributed by atoms with Gasteiger partial charge in [-0.1, -0.05) is 19.3 Å². The Bertz CT molecular complexity index is 759. The molecule has 0 atom stereocenters. The summed E-state index contributed by atoms with van der Waals surface area (Å²) in [6, 6.07) is 6.35. The van der Waals surface area contributed by atoms with Crippen molar-refractivity contribution in [3.05, 3.63) is 35.6 Å². The second-order valence-corrected chi connectivity index (χ2v) is 10.8. The summed E-state index contributed by atoms with van der Waals surface area (Å²) >= 11 is 0. The molecule has 4 nitrogen and oxygen atoms in total. The van der Waals surface area contributed by atoms with E-state index in [1.54, 1.807) is 12.1 Å². The number of piperidine rings is 1. The Hall–Kier alpha value is -1.75. The second-order valence-electron chi connectivity index (χ2n) is 10.8. The van der Waals surface area contributed by atoms with Crippen molar-refractivity contribution in [1.82, 2.24) is 10.2 Å². The lowest BCUT2D eigenvalue weighted by molar-refractivity contribution is -0.123. The van der Waals surface area contributed by atoms with E-state index < -0.39 is 0 Å². The molecule has 1 N–H and O–H groups in total. The Morgan fingerprint density at radius 2 is 1.52 bits per heavy atom. The van der Waals surface area contributed by atoms with Crippen LogP contribution >= 0.6 is 0 Å². The third kappa shape index (κ3) is 7.37. The van der Waals surface area contributed by atoms with E-state index >= 15 is 0 Å². The molecule has 3 fully saturated rings. The Balaban J connectivity index is 1.09. The fourth-order valence-electron chi connectivity index (χ4n) is 6.17. The number of amides is 1. The number of hydrogen-bond acceptors (Lipinski definition) is 3. The van der Waals surface area contributed by atoms with Gasteiger partial charge >= 0.3 is 0 Å². The fraction of sp³-hybridized carbons (Fsp3) is 0.714. The summed E-state index contributed by atoms with van der Waals surface area (Å²) in [7, 11) is 0. The minimum atomic E-state index is -0.294. The number of carbonyl (C=O) groups excluding carboxylic acids is 2. The predicted octanol–water partition coefficient (Wildman–Crippen LogP) is 5.76. The summed E-state index contributed by atoms with van der Waals surface area (Å²) in [5.74, 6) is 1.60. The lowest BCUT2D eigenvalue weighted by Gasteiger charge is -2.34. The Labute approximate surface area is 198 Å². The Morgan fingerprint density at radius 3 is 2.18 bits per heavy atom. The lowest BCUT2D eigenvalue weighted by atomic mass is 9.83. The molecule has 2 aliphatic carbocycles. The van der Waals surface area contributed by atoms with E-state index in [4.69, 9.17) is 0 Å². The molecule has 1 aromatic rings. The minimum absolute atomic E-state index is 0.0689.